The third-order valence-electron chi connectivity index (χ3n) is 6.59. The van der Waals surface area contributed by atoms with E-state index in [-0.39, 0.29) is 17.2 Å². The Hall–Kier alpha value is -3.05. The Morgan fingerprint density at radius 2 is 2.03 bits per heavy atom. The van der Waals surface area contributed by atoms with Gasteiger partial charge in [0.1, 0.15) is 16.9 Å². The fourth-order valence-corrected chi connectivity index (χ4v) is 6.38. The number of nitrogens with one attached hydrogen (secondary N) is 1. The molecule has 1 N–H and O–H groups in total. The van der Waals surface area contributed by atoms with Gasteiger partial charge in [-0.05, 0) is 56.5 Å². The number of carbonyl (C=O) groups is 1. The van der Waals surface area contributed by atoms with Crippen LogP contribution in [0.1, 0.15) is 48.1 Å². The second-order valence-electron chi connectivity index (χ2n) is 8.67. The highest BCUT2D eigenvalue weighted by molar-refractivity contribution is 7.90. The van der Waals surface area contributed by atoms with Crippen LogP contribution in [-0.4, -0.2) is 48.4 Å². The monoisotopic (exact) mass is 490 g/mol. The number of fused-ring (bicyclic) bond motifs is 1. The Morgan fingerprint density at radius 3 is 2.79 bits per heavy atom. The first-order valence-electron chi connectivity index (χ1n) is 11.1. The quantitative estimate of drug-likeness (QED) is 0.591. The zero-order valence-electron chi connectivity index (χ0n) is 18.4. The number of amides is 1. The average molecular weight is 491 g/mol. The molecule has 2 aliphatic rings. The summed E-state index contributed by atoms with van der Waals surface area (Å²) < 4.78 is 62.7. The summed E-state index contributed by atoms with van der Waals surface area (Å²) in [5, 5.41) is 3.36. The number of halogens is 2. The van der Waals surface area contributed by atoms with Crippen molar-refractivity contribution >= 4 is 27.1 Å². The molecular formula is C23H24F2N4O4S. The largest absolute Gasteiger partial charge is 0.377 e. The number of benzene rings is 1. The van der Waals surface area contributed by atoms with E-state index in [9.17, 15) is 22.0 Å². The standard InChI is InChI=1S/C23H24F2N4O4S/c1-14-22(7-10-33-14)34(31,32)27-23(30)18-13-26-29-9-6-16(12-21(18)29)28-8-2-3-20(28)17-11-15(24)4-5-19(17)25/h4-6,9,11-14,20,22H,2-3,7-8,10H2,1H3,(H,27,30)/t14?,20-,22?/m1/s1. The van der Waals surface area contributed by atoms with Gasteiger partial charge in [0.2, 0.25) is 10.0 Å². The summed E-state index contributed by atoms with van der Waals surface area (Å²) >= 11 is 0. The number of anilines is 1. The summed E-state index contributed by atoms with van der Waals surface area (Å²) in [5.41, 5.74) is 1.49. The zero-order chi connectivity index (χ0) is 24.0. The van der Waals surface area contributed by atoms with Crippen molar-refractivity contribution in [2.24, 2.45) is 0 Å². The second-order valence-corrected chi connectivity index (χ2v) is 10.6. The molecule has 2 aromatic heterocycles. The van der Waals surface area contributed by atoms with E-state index in [1.807, 2.05) is 4.90 Å². The molecule has 34 heavy (non-hydrogen) atoms. The summed E-state index contributed by atoms with van der Waals surface area (Å²) in [6, 6.07) is 6.57. The van der Waals surface area contributed by atoms with Crippen LogP contribution in [0.15, 0.2) is 42.7 Å². The first kappa shape index (κ1) is 22.7. The highest BCUT2D eigenvalue weighted by atomic mass is 32.2. The molecule has 3 aromatic rings. The Morgan fingerprint density at radius 1 is 1.21 bits per heavy atom. The number of hydrogen-bond acceptors (Lipinski definition) is 6. The Kier molecular flexibility index (Phi) is 5.76. The van der Waals surface area contributed by atoms with Crippen LogP contribution in [0.4, 0.5) is 14.5 Å². The maximum absolute atomic E-state index is 14.5. The van der Waals surface area contributed by atoms with Crippen molar-refractivity contribution in [2.45, 2.75) is 43.6 Å². The maximum atomic E-state index is 14.5. The van der Waals surface area contributed by atoms with Crippen molar-refractivity contribution in [3.8, 4) is 0 Å². The third kappa shape index (κ3) is 4.03. The minimum atomic E-state index is -3.93. The molecule has 2 unspecified atom stereocenters. The van der Waals surface area contributed by atoms with Crippen LogP contribution in [0.25, 0.3) is 5.52 Å². The smallest absolute Gasteiger partial charge is 0.268 e. The lowest BCUT2D eigenvalue weighted by Gasteiger charge is -2.27. The van der Waals surface area contributed by atoms with Gasteiger partial charge in [-0.15, -0.1) is 0 Å². The van der Waals surface area contributed by atoms with E-state index in [1.165, 1.54) is 16.8 Å². The van der Waals surface area contributed by atoms with Crippen molar-refractivity contribution in [3.63, 3.8) is 0 Å². The molecule has 11 heteroatoms. The summed E-state index contributed by atoms with van der Waals surface area (Å²) in [4.78, 5) is 14.9. The van der Waals surface area contributed by atoms with Gasteiger partial charge in [-0.3, -0.25) is 4.79 Å². The molecule has 2 aliphatic heterocycles. The van der Waals surface area contributed by atoms with Gasteiger partial charge in [0, 0.05) is 30.6 Å². The molecule has 3 atom stereocenters. The molecule has 0 radical (unpaired) electrons. The topological polar surface area (TPSA) is 93.0 Å². The number of pyridine rings is 1. The normalized spacial score (nSPS) is 23.0. The summed E-state index contributed by atoms with van der Waals surface area (Å²) in [5.74, 6) is -1.75. The highest BCUT2D eigenvalue weighted by Gasteiger charge is 2.37. The van der Waals surface area contributed by atoms with Gasteiger partial charge in [-0.2, -0.15) is 5.10 Å². The molecule has 0 spiro atoms. The van der Waals surface area contributed by atoms with E-state index >= 15 is 0 Å². The number of nitrogens with zero attached hydrogens (tertiary/aromatic N) is 3. The zero-order valence-corrected chi connectivity index (χ0v) is 19.3. The number of hydrogen-bond donors (Lipinski definition) is 1. The first-order valence-corrected chi connectivity index (χ1v) is 12.7. The van der Waals surface area contributed by atoms with Crippen molar-refractivity contribution in [1.29, 1.82) is 0 Å². The molecule has 180 valence electrons. The predicted octanol–water partition coefficient (Wildman–Crippen LogP) is 3.19. The Balaban J connectivity index is 1.45. The van der Waals surface area contributed by atoms with E-state index in [0.717, 1.165) is 18.6 Å². The number of sulfonamides is 1. The van der Waals surface area contributed by atoms with E-state index < -0.39 is 38.9 Å². The molecule has 8 nitrogen and oxygen atoms in total. The summed E-state index contributed by atoms with van der Waals surface area (Å²) in [6.07, 6.45) is 4.22. The molecular weight excluding hydrogens is 466 g/mol. The van der Waals surface area contributed by atoms with Gasteiger partial charge >= 0.3 is 0 Å². The number of ether oxygens (including phenoxy) is 1. The molecule has 5 rings (SSSR count). The van der Waals surface area contributed by atoms with Gasteiger partial charge in [-0.1, -0.05) is 0 Å². The van der Waals surface area contributed by atoms with Crippen LogP contribution in [0.3, 0.4) is 0 Å². The van der Waals surface area contributed by atoms with Crippen molar-refractivity contribution in [1.82, 2.24) is 14.3 Å². The second kappa shape index (κ2) is 8.62. The highest BCUT2D eigenvalue weighted by Crippen LogP contribution is 2.38. The van der Waals surface area contributed by atoms with Crippen LogP contribution >= 0.6 is 0 Å². The minimum absolute atomic E-state index is 0.102. The van der Waals surface area contributed by atoms with Gasteiger partial charge in [0.25, 0.3) is 5.91 Å². The lowest BCUT2D eigenvalue weighted by atomic mass is 10.0. The maximum Gasteiger partial charge on any atom is 0.268 e. The molecule has 2 saturated heterocycles. The molecule has 0 saturated carbocycles. The van der Waals surface area contributed by atoms with Gasteiger partial charge in [-0.25, -0.2) is 26.4 Å². The Labute approximate surface area is 195 Å². The third-order valence-corrected chi connectivity index (χ3v) is 8.48. The lowest BCUT2D eigenvalue weighted by molar-refractivity contribution is 0.0981. The Bertz CT molecular complexity index is 1360. The van der Waals surface area contributed by atoms with Gasteiger partial charge in [0.05, 0.1) is 29.4 Å². The molecule has 4 heterocycles. The number of aromatic nitrogens is 2. The van der Waals surface area contributed by atoms with Crippen molar-refractivity contribution in [2.75, 3.05) is 18.1 Å². The summed E-state index contributed by atoms with van der Waals surface area (Å²) in [7, 11) is -3.93. The van der Waals surface area contributed by atoms with Crippen LogP contribution in [0.5, 0.6) is 0 Å². The van der Waals surface area contributed by atoms with E-state index in [4.69, 9.17) is 4.74 Å². The number of carbonyl (C=O) groups excluding carboxylic acids is 1. The number of rotatable bonds is 5. The predicted molar refractivity (Wildman–Crippen MR) is 121 cm³/mol. The summed E-state index contributed by atoms with van der Waals surface area (Å²) in [6.45, 7) is 2.61. The van der Waals surface area contributed by atoms with Crippen molar-refractivity contribution < 1.29 is 26.7 Å². The molecule has 0 bridgehead atoms. The van der Waals surface area contributed by atoms with Gasteiger partial charge < -0.3 is 9.64 Å². The van der Waals surface area contributed by atoms with Crippen LogP contribution in [0.2, 0.25) is 0 Å². The molecule has 2 fully saturated rings. The fourth-order valence-electron chi connectivity index (χ4n) is 4.87. The van der Waals surface area contributed by atoms with E-state index in [1.54, 1.807) is 25.3 Å². The van der Waals surface area contributed by atoms with E-state index in [2.05, 4.69) is 9.82 Å². The molecule has 1 amide bonds. The lowest BCUT2D eigenvalue weighted by Crippen LogP contribution is -2.41. The minimum Gasteiger partial charge on any atom is -0.377 e. The van der Waals surface area contributed by atoms with Crippen LogP contribution in [0, 0.1) is 11.6 Å². The van der Waals surface area contributed by atoms with Crippen LogP contribution in [-0.2, 0) is 14.8 Å². The SMILES string of the molecule is CC1OCCC1S(=O)(=O)NC(=O)c1cnn2ccc(N3CCC[C@@H]3c3cc(F)ccc3F)cc12. The van der Waals surface area contributed by atoms with E-state index in [0.29, 0.717) is 37.2 Å². The first-order chi connectivity index (χ1) is 16.2. The van der Waals surface area contributed by atoms with Gasteiger partial charge in [0.15, 0.2) is 0 Å². The fraction of sp³-hybridized carbons (Fsp3) is 0.391. The van der Waals surface area contributed by atoms with Crippen LogP contribution < -0.4 is 9.62 Å². The van der Waals surface area contributed by atoms with Crippen molar-refractivity contribution in [3.05, 3.63) is 65.5 Å². The molecule has 1 aromatic carbocycles. The molecule has 0 aliphatic carbocycles. The average Bonchev–Trinajstić information content (AvgIpc) is 3.53.